The number of rotatable bonds is 3. The van der Waals surface area contributed by atoms with E-state index in [4.69, 9.17) is 32.7 Å². The van der Waals surface area contributed by atoms with Crippen molar-refractivity contribution in [2.45, 2.75) is 32.3 Å². The first-order chi connectivity index (χ1) is 5.69. The van der Waals surface area contributed by atoms with Crippen molar-refractivity contribution in [3.05, 3.63) is 0 Å². The largest absolute Gasteiger partial charge is 0.345 e. The number of hydrogen-bond acceptors (Lipinski definition) is 2. The molecule has 0 saturated carbocycles. The van der Waals surface area contributed by atoms with Gasteiger partial charge in [0.05, 0.1) is 11.8 Å². The fourth-order valence-corrected chi connectivity index (χ4v) is 1.68. The Morgan fingerprint density at radius 2 is 1.50 bits per heavy atom. The zero-order valence-corrected chi connectivity index (χ0v) is 8.81. The summed E-state index contributed by atoms with van der Waals surface area (Å²) < 4.78 is 11.1. The Kier molecular flexibility index (Phi) is 4.11. The molecule has 1 rings (SSSR count). The lowest BCUT2D eigenvalue weighted by Gasteiger charge is -2.13. The molecule has 2 unspecified atom stereocenters. The van der Waals surface area contributed by atoms with Gasteiger partial charge in [-0.05, 0) is 0 Å². The minimum atomic E-state index is -0.141. The fraction of sp³-hybridized carbons (Fsp3) is 1.00. The van der Waals surface area contributed by atoms with Crippen LogP contribution in [-0.4, -0.2) is 30.3 Å². The predicted octanol–water partition coefficient (Wildman–Crippen LogP) is 2.23. The first kappa shape index (κ1) is 10.6. The maximum atomic E-state index is 5.69. The van der Waals surface area contributed by atoms with Crippen LogP contribution in [0, 0.1) is 5.92 Å². The topological polar surface area (TPSA) is 18.5 Å². The van der Waals surface area contributed by atoms with Gasteiger partial charge in [-0.1, -0.05) is 13.8 Å². The number of ether oxygens (including phenoxy) is 2. The van der Waals surface area contributed by atoms with Crippen LogP contribution in [0.1, 0.15) is 13.8 Å². The van der Waals surface area contributed by atoms with E-state index in [0.29, 0.717) is 17.7 Å². The summed E-state index contributed by atoms with van der Waals surface area (Å²) in [4.78, 5) is 0. The summed E-state index contributed by atoms with van der Waals surface area (Å²) in [6.45, 7) is 4.10. The Morgan fingerprint density at radius 3 is 1.75 bits per heavy atom. The normalized spacial score (nSPS) is 36.2. The monoisotopic (exact) mass is 212 g/mol. The van der Waals surface area contributed by atoms with Gasteiger partial charge in [-0.25, -0.2) is 0 Å². The highest BCUT2D eigenvalue weighted by atomic mass is 35.5. The van der Waals surface area contributed by atoms with Crippen LogP contribution in [-0.2, 0) is 9.47 Å². The van der Waals surface area contributed by atoms with Gasteiger partial charge in [-0.15, -0.1) is 23.2 Å². The molecule has 1 aliphatic rings. The maximum absolute atomic E-state index is 5.69. The molecule has 2 atom stereocenters. The minimum Gasteiger partial charge on any atom is -0.345 e. The number of halogens is 2. The third-order valence-electron chi connectivity index (χ3n) is 1.88. The Hall–Kier alpha value is 0.500. The van der Waals surface area contributed by atoms with Crippen LogP contribution < -0.4 is 0 Å². The molecule has 0 bridgehead atoms. The summed E-state index contributed by atoms with van der Waals surface area (Å²) in [5.41, 5.74) is 0. The van der Waals surface area contributed by atoms with Gasteiger partial charge < -0.3 is 9.47 Å². The van der Waals surface area contributed by atoms with E-state index in [9.17, 15) is 0 Å². The van der Waals surface area contributed by atoms with Crippen molar-refractivity contribution in [2.75, 3.05) is 11.8 Å². The van der Waals surface area contributed by atoms with Crippen molar-refractivity contribution in [3.63, 3.8) is 0 Å². The third-order valence-corrected chi connectivity index (χ3v) is 2.49. The fourth-order valence-electron chi connectivity index (χ4n) is 1.14. The number of hydrogen-bond donors (Lipinski definition) is 0. The van der Waals surface area contributed by atoms with E-state index in [1.807, 2.05) is 13.8 Å². The average molecular weight is 213 g/mol. The van der Waals surface area contributed by atoms with Gasteiger partial charge in [0.15, 0.2) is 6.29 Å². The minimum absolute atomic E-state index is 0.0448. The molecule has 0 aromatic heterocycles. The van der Waals surface area contributed by atoms with E-state index in [2.05, 4.69) is 0 Å². The maximum Gasteiger partial charge on any atom is 0.160 e. The van der Waals surface area contributed by atoms with E-state index in [0.717, 1.165) is 0 Å². The van der Waals surface area contributed by atoms with E-state index in [1.165, 1.54) is 0 Å². The summed E-state index contributed by atoms with van der Waals surface area (Å²) in [5.74, 6) is 1.24. The first-order valence-corrected chi connectivity index (χ1v) is 5.18. The molecule has 0 amide bonds. The molecule has 1 saturated heterocycles. The molecule has 2 nitrogen and oxygen atoms in total. The van der Waals surface area contributed by atoms with Gasteiger partial charge in [0.25, 0.3) is 0 Å². The van der Waals surface area contributed by atoms with Crippen molar-refractivity contribution in [1.82, 2.24) is 0 Å². The molecular weight excluding hydrogens is 199 g/mol. The molecule has 0 radical (unpaired) electrons. The lowest BCUT2D eigenvalue weighted by Crippen LogP contribution is -2.25. The van der Waals surface area contributed by atoms with Crippen molar-refractivity contribution < 1.29 is 9.47 Å². The molecule has 4 heteroatoms. The molecule has 0 aromatic carbocycles. The van der Waals surface area contributed by atoms with Crippen LogP contribution in [0.4, 0.5) is 0 Å². The van der Waals surface area contributed by atoms with E-state index in [1.54, 1.807) is 0 Å². The van der Waals surface area contributed by atoms with Crippen molar-refractivity contribution >= 4 is 23.2 Å². The first-order valence-electron chi connectivity index (χ1n) is 4.12. The van der Waals surface area contributed by atoms with Gasteiger partial charge in [0.1, 0.15) is 12.2 Å². The van der Waals surface area contributed by atoms with E-state index in [-0.39, 0.29) is 18.5 Å². The Morgan fingerprint density at radius 1 is 1.08 bits per heavy atom. The predicted molar refractivity (Wildman–Crippen MR) is 49.8 cm³/mol. The van der Waals surface area contributed by atoms with Gasteiger partial charge in [0, 0.05) is 5.92 Å². The Balaban J connectivity index is 2.47. The number of alkyl halides is 2. The molecular formula is C8H14Cl2O2. The molecule has 0 N–H and O–H groups in total. The van der Waals surface area contributed by atoms with Crippen LogP contribution in [0.25, 0.3) is 0 Å². The standard InChI is InChI=1S/C8H14Cl2O2/c1-5(2)8-11-6(3-9)7(4-10)12-8/h5-8H,3-4H2,1-2H3. The van der Waals surface area contributed by atoms with Crippen LogP contribution >= 0.6 is 23.2 Å². The van der Waals surface area contributed by atoms with Gasteiger partial charge in [-0.2, -0.15) is 0 Å². The molecule has 0 spiro atoms. The Labute approximate surface area is 83.1 Å². The van der Waals surface area contributed by atoms with E-state index >= 15 is 0 Å². The highest BCUT2D eigenvalue weighted by molar-refractivity contribution is 6.19. The quantitative estimate of drug-likeness (QED) is 0.669. The van der Waals surface area contributed by atoms with Gasteiger partial charge in [0.2, 0.25) is 0 Å². The van der Waals surface area contributed by atoms with Crippen molar-refractivity contribution in [3.8, 4) is 0 Å². The Bertz CT molecular complexity index is 129. The van der Waals surface area contributed by atoms with Gasteiger partial charge in [-0.3, -0.25) is 0 Å². The molecule has 1 aliphatic heterocycles. The summed E-state index contributed by atoms with van der Waals surface area (Å²) in [6, 6.07) is 0. The second-order valence-corrected chi connectivity index (χ2v) is 3.89. The summed E-state index contributed by atoms with van der Waals surface area (Å²) in [6.07, 6.45) is -0.231. The van der Waals surface area contributed by atoms with Crippen molar-refractivity contribution in [1.29, 1.82) is 0 Å². The zero-order valence-electron chi connectivity index (χ0n) is 7.30. The smallest absolute Gasteiger partial charge is 0.160 e. The summed E-state index contributed by atoms with van der Waals surface area (Å²) in [7, 11) is 0. The van der Waals surface area contributed by atoms with Crippen LogP contribution in [0.5, 0.6) is 0 Å². The van der Waals surface area contributed by atoms with Crippen LogP contribution in [0.2, 0.25) is 0 Å². The average Bonchev–Trinajstić information content (AvgIpc) is 2.46. The SMILES string of the molecule is CC(C)C1OC(CCl)C(CCl)O1. The molecule has 0 aromatic rings. The lowest BCUT2D eigenvalue weighted by molar-refractivity contribution is -0.0914. The lowest BCUT2D eigenvalue weighted by atomic mass is 10.2. The summed E-state index contributed by atoms with van der Waals surface area (Å²) in [5, 5.41) is 0. The van der Waals surface area contributed by atoms with Crippen LogP contribution in [0.3, 0.4) is 0 Å². The molecule has 72 valence electrons. The molecule has 1 heterocycles. The molecule has 12 heavy (non-hydrogen) atoms. The third kappa shape index (κ3) is 2.25. The highest BCUT2D eigenvalue weighted by Gasteiger charge is 2.36. The summed E-state index contributed by atoms with van der Waals surface area (Å²) >= 11 is 11.4. The van der Waals surface area contributed by atoms with E-state index < -0.39 is 0 Å². The van der Waals surface area contributed by atoms with Crippen molar-refractivity contribution in [2.24, 2.45) is 5.92 Å². The second-order valence-electron chi connectivity index (χ2n) is 3.27. The zero-order chi connectivity index (χ0) is 9.14. The molecule has 1 fully saturated rings. The van der Waals surface area contributed by atoms with Gasteiger partial charge >= 0.3 is 0 Å². The van der Waals surface area contributed by atoms with Crippen LogP contribution in [0.15, 0.2) is 0 Å². The second kappa shape index (κ2) is 4.66. The highest BCUT2D eigenvalue weighted by Crippen LogP contribution is 2.25. The molecule has 0 aliphatic carbocycles.